The van der Waals surface area contributed by atoms with Gasteiger partial charge >= 0.3 is 0 Å². The van der Waals surface area contributed by atoms with E-state index in [0.717, 1.165) is 17.8 Å². The van der Waals surface area contributed by atoms with Gasteiger partial charge in [0, 0.05) is 18.8 Å². The lowest BCUT2D eigenvalue weighted by Crippen LogP contribution is -2.00. The van der Waals surface area contributed by atoms with Gasteiger partial charge in [-0.3, -0.25) is 0 Å². The summed E-state index contributed by atoms with van der Waals surface area (Å²) in [6.45, 7) is 1.33. The van der Waals surface area contributed by atoms with Crippen LogP contribution in [0.3, 0.4) is 0 Å². The van der Waals surface area contributed by atoms with Crippen LogP contribution in [-0.2, 0) is 13.1 Å². The SMILES string of the molecule is NCc1ccc(CNc2ccc(O)cc2)cc1. The van der Waals surface area contributed by atoms with E-state index in [2.05, 4.69) is 17.4 Å². The van der Waals surface area contributed by atoms with E-state index in [-0.39, 0.29) is 5.75 Å². The minimum absolute atomic E-state index is 0.280. The molecular formula is C14H16N2O. The Morgan fingerprint density at radius 1 is 0.882 bits per heavy atom. The van der Waals surface area contributed by atoms with E-state index >= 15 is 0 Å². The Hall–Kier alpha value is -2.00. The van der Waals surface area contributed by atoms with E-state index in [1.165, 1.54) is 5.56 Å². The summed E-state index contributed by atoms with van der Waals surface area (Å²) in [7, 11) is 0. The van der Waals surface area contributed by atoms with Crippen molar-refractivity contribution in [2.75, 3.05) is 5.32 Å². The smallest absolute Gasteiger partial charge is 0.115 e. The maximum atomic E-state index is 9.16. The topological polar surface area (TPSA) is 58.3 Å². The predicted molar refractivity (Wildman–Crippen MR) is 69.8 cm³/mol. The second-order valence-corrected chi connectivity index (χ2v) is 3.92. The molecule has 2 aromatic carbocycles. The van der Waals surface area contributed by atoms with Crippen molar-refractivity contribution in [2.45, 2.75) is 13.1 Å². The normalized spacial score (nSPS) is 10.2. The Balaban J connectivity index is 1.95. The summed E-state index contributed by atoms with van der Waals surface area (Å²) in [4.78, 5) is 0. The zero-order valence-corrected chi connectivity index (χ0v) is 9.56. The highest BCUT2D eigenvalue weighted by Gasteiger charge is 1.95. The van der Waals surface area contributed by atoms with Crippen LogP contribution in [0.2, 0.25) is 0 Å². The van der Waals surface area contributed by atoms with Crippen LogP contribution in [0.25, 0.3) is 0 Å². The van der Waals surface area contributed by atoms with Gasteiger partial charge in [-0.25, -0.2) is 0 Å². The molecule has 3 heteroatoms. The molecule has 0 amide bonds. The highest BCUT2D eigenvalue weighted by molar-refractivity contribution is 5.46. The van der Waals surface area contributed by atoms with Gasteiger partial charge in [-0.15, -0.1) is 0 Å². The molecule has 2 rings (SSSR count). The molecule has 17 heavy (non-hydrogen) atoms. The highest BCUT2D eigenvalue weighted by atomic mass is 16.3. The Labute approximate surface area is 101 Å². The molecular weight excluding hydrogens is 212 g/mol. The number of phenols is 1. The first kappa shape index (κ1) is 11.5. The quantitative estimate of drug-likeness (QED) is 0.704. The molecule has 0 spiro atoms. The fourth-order valence-electron chi connectivity index (χ4n) is 1.58. The molecule has 0 bridgehead atoms. The average molecular weight is 228 g/mol. The van der Waals surface area contributed by atoms with Gasteiger partial charge in [0.05, 0.1) is 0 Å². The predicted octanol–water partition coefficient (Wildman–Crippen LogP) is 2.46. The van der Waals surface area contributed by atoms with E-state index in [1.54, 1.807) is 12.1 Å². The standard InChI is InChI=1S/C14H16N2O/c15-9-11-1-3-12(4-2-11)10-16-13-5-7-14(17)8-6-13/h1-8,16-17H,9-10,15H2. The molecule has 4 N–H and O–H groups in total. The summed E-state index contributed by atoms with van der Waals surface area (Å²) in [6.07, 6.45) is 0. The molecule has 0 radical (unpaired) electrons. The van der Waals surface area contributed by atoms with Crippen LogP contribution in [0.1, 0.15) is 11.1 Å². The van der Waals surface area contributed by atoms with Crippen molar-refractivity contribution >= 4 is 5.69 Å². The molecule has 2 aromatic rings. The molecule has 0 aliphatic carbocycles. The summed E-state index contributed by atoms with van der Waals surface area (Å²) < 4.78 is 0. The maximum Gasteiger partial charge on any atom is 0.115 e. The van der Waals surface area contributed by atoms with Gasteiger partial charge < -0.3 is 16.2 Å². The number of rotatable bonds is 4. The van der Waals surface area contributed by atoms with Crippen LogP contribution in [0, 0.1) is 0 Å². The lowest BCUT2D eigenvalue weighted by molar-refractivity contribution is 0.475. The largest absolute Gasteiger partial charge is 0.508 e. The van der Waals surface area contributed by atoms with E-state index < -0.39 is 0 Å². The van der Waals surface area contributed by atoms with E-state index in [4.69, 9.17) is 10.8 Å². The first-order valence-corrected chi connectivity index (χ1v) is 5.59. The van der Waals surface area contributed by atoms with Gasteiger partial charge in [-0.2, -0.15) is 0 Å². The molecule has 3 nitrogen and oxygen atoms in total. The molecule has 0 saturated carbocycles. The maximum absolute atomic E-state index is 9.16. The molecule has 0 unspecified atom stereocenters. The van der Waals surface area contributed by atoms with E-state index in [9.17, 15) is 0 Å². The Morgan fingerprint density at radius 2 is 1.47 bits per heavy atom. The first-order valence-electron chi connectivity index (χ1n) is 5.59. The van der Waals surface area contributed by atoms with Crippen LogP contribution in [0.5, 0.6) is 5.75 Å². The number of aromatic hydroxyl groups is 1. The number of benzene rings is 2. The van der Waals surface area contributed by atoms with Crippen molar-refractivity contribution in [3.8, 4) is 5.75 Å². The summed E-state index contributed by atoms with van der Waals surface area (Å²) in [6, 6.07) is 15.2. The van der Waals surface area contributed by atoms with E-state index in [0.29, 0.717) is 6.54 Å². The summed E-state index contributed by atoms with van der Waals surface area (Å²) in [5.74, 6) is 0.280. The minimum Gasteiger partial charge on any atom is -0.508 e. The average Bonchev–Trinajstić information content (AvgIpc) is 2.39. The van der Waals surface area contributed by atoms with Crippen LogP contribution in [0.4, 0.5) is 5.69 Å². The van der Waals surface area contributed by atoms with Crippen molar-refractivity contribution in [3.63, 3.8) is 0 Å². The molecule has 0 aliphatic rings. The Morgan fingerprint density at radius 3 is 2.06 bits per heavy atom. The summed E-state index contributed by atoms with van der Waals surface area (Å²) in [5, 5.41) is 12.4. The van der Waals surface area contributed by atoms with Gasteiger partial charge in [0.25, 0.3) is 0 Å². The van der Waals surface area contributed by atoms with Crippen LogP contribution < -0.4 is 11.1 Å². The number of anilines is 1. The van der Waals surface area contributed by atoms with Gasteiger partial charge in [-0.05, 0) is 35.4 Å². The summed E-state index contributed by atoms with van der Waals surface area (Å²) >= 11 is 0. The zero-order chi connectivity index (χ0) is 12.1. The fraction of sp³-hybridized carbons (Fsp3) is 0.143. The van der Waals surface area contributed by atoms with Crippen molar-refractivity contribution in [1.82, 2.24) is 0 Å². The molecule has 88 valence electrons. The molecule has 0 saturated heterocycles. The van der Waals surface area contributed by atoms with Crippen molar-refractivity contribution in [1.29, 1.82) is 0 Å². The third-order valence-corrected chi connectivity index (χ3v) is 2.62. The van der Waals surface area contributed by atoms with E-state index in [1.807, 2.05) is 24.3 Å². The minimum atomic E-state index is 0.280. The second kappa shape index (κ2) is 5.37. The van der Waals surface area contributed by atoms with Crippen LogP contribution in [0.15, 0.2) is 48.5 Å². The highest BCUT2D eigenvalue weighted by Crippen LogP contribution is 2.14. The Kier molecular flexibility index (Phi) is 3.62. The van der Waals surface area contributed by atoms with Gasteiger partial charge in [-0.1, -0.05) is 24.3 Å². The Bertz CT molecular complexity index is 463. The molecule has 0 heterocycles. The van der Waals surface area contributed by atoms with Gasteiger partial charge in [0.2, 0.25) is 0 Å². The number of hydrogen-bond donors (Lipinski definition) is 3. The lowest BCUT2D eigenvalue weighted by Gasteiger charge is -2.07. The number of nitrogens with two attached hydrogens (primary N) is 1. The van der Waals surface area contributed by atoms with Crippen molar-refractivity contribution < 1.29 is 5.11 Å². The van der Waals surface area contributed by atoms with Gasteiger partial charge in [0.15, 0.2) is 0 Å². The lowest BCUT2D eigenvalue weighted by atomic mass is 10.1. The monoisotopic (exact) mass is 228 g/mol. The number of nitrogens with one attached hydrogen (secondary N) is 1. The number of phenolic OH excluding ortho intramolecular Hbond substituents is 1. The number of hydrogen-bond acceptors (Lipinski definition) is 3. The van der Waals surface area contributed by atoms with Crippen molar-refractivity contribution in [2.24, 2.45) is 5.73 Å². The molecule has 0 aliphatic heterocycles. The fourth-order valence-corrected chi connectivity index (χ4v) is 1.58. The van der Waals surface area contributed by atoms with Gasteiger partial charge in [0.1, 0.15) is 5.75 Å². The molecule has 0 atom stereocenters. The van der Waals surface area contributed by atoms with Crippen LogP contribution in [-0.4, -0.2) is 5.11 Å². The second-order valence-electron chi connectivity index (χ2n) is 3.92. The third kappa shape index (κ3) is 3.23. The molecule has 0 aromatic heterocycles. The molecule has 0 fully saturated rings. The third-order valence-electron chi connectivity index (χ3n) is 2.62. The first-order chi connectivity index (χ1) is 8.28. The zero-order valence-electron chi connectivity index (χ0n) is 9.56. The summed E-state index contributed by atoms with van der Waals surface area (Å²) in [5.41, 5.74) is 8.87. The van der Waals surface area contributed by atoms with Crippen molar-refractivity contribution in [3.05, 3.63) is 59.7 Å². The van der Waals surface area contributed by atoms with Crippen LogP contribution >= 0.6 is 0 Å².